The van der Waals surface area contributed by atoms with E-state index in [4.69, 9.17) is 0 Å². The predicted octanol–water partition coefficient (Wildman–Crippen LogP) is 3.49. The molecule has 0 atom stereocenters. The summed E-state index contributed by atoms with van der Waals surface area (Å²) in [6.45, 7) is 5.89. The van der Waals surface area contributed by atoms with Crippen LogP contribution in [0.1, 0.15) is 65.2 Å². The maximum atomic E-state index is 3.66. The zero-order valence-corrected chi connectivity index (χ0v) is 9.36. The molecule has 1 saturated heterocycles. The first-order chi connectivity index (χ1) is 6.21. The average molecular weight is 183 g/mol. The largest absolute Gasteiger partial charge is 0.312 e. The van der Waals surface area contributed by atoms with Crippen LogP contribution < -0.4 is 5.32 Å². The van der Waals surface area contributed by atoms with Crippen LogP contribution in [-0.4, -0.2) is 12.1 Å². The summed E-state index contributed by atoms with van der Waals surface area (Å²) in [7, 11) is 0. The Balaban J connectivity index is 2.27. The summed E-state index contributed by atoms with van der Waals surface area (Å²) in [6.07, 6.45) is 11.3. The van der Waals surface area contributed by atoms with Crippen LogP contribution in [0.4, 0.5) is 0 Å². The van der Waals surface area contributed by atoms with Crippen molar-refractivity contribution in [1.82, 2.24) is 5.32 Å². The smallest absolute Gasteiger partial charge is 0.0125 e. The maximum Gasteiger partial charge on any atom is 0.0125 e. The minimum atomic E-state index is 0.379. The highest BCUT2D eigenvalue weighted by molar-refractivity contribution is 4.77. The molecule has 1 aliphatic heterocycles. The molecule has 0 aliphatic carbocycles. The van der Waals surface area contributed by atoms with Crippen molar-refractivity contribution in [2.24, 2.45) is 0 Å². The quantitative estimate of drug-likeness (QED) is 0.606. The zero-order valence-electron chi connectivity index (χ0n) is 9.36. The second-order valence-electron chi connectivity index (χ2n) is 5.04. The van der Waals surface area contributed by atoms with Gasteiger partial charge in [0.05, 0.1) is 0 Å². The number of hydrogen-bond acceptors (Lipinski definition) is 1. The zero-order chi connectivity index (χ0) is 9.57. The summed E-state index contributed by atoms with van der Waals surface area (Å²) in [5, 5.41) is 3.66. The minimum Gasteiger partial charge on any atom is -0.312 e. The van der Waals surface area contributed by atoms with Crippen LogP contribution in [0.3, 0.4) is 0 Å². The molecule has 1 N–H and O–H groups in total. The summed E-state index contributed by atoms with van der Waals surface area (Å²) in [5.74, 6) is 0. The highest BCUT2D eigenvalue weighted by atomic mass is 14.9. The van der Waals surface area contributed by atoms with E-state index in [-0.39, 0.29) is 0 Å². The van der Waals surface area contributed by atoms with Gasteiger partial charge in [0.25, 0.3) is 0 Å². The minimum absolute atomic E-state index is 0.379. The van der Waals surface area contributed by atoms with E-state index in [2.05, 4.69) is 19.2 Å². The Morgan fingerprint density at radius 2 is 1.31 bits per heavy atom. The van der Waals surface area contributed by atoms with Crippen molar-refractivity contribution in [3.05, 3.63) is 0 Å². The standard InChI is InChI=1S/C12H25N/c1-12(2)10-8-6-4-3-5-7-9-11-13-12/h13H,3-11H2,1-2H3. The summed E-state index contributed by atoms with van der Waals surface area (Å²) in [4.78, 5) is 0. The third-order valence-corrected chi connectivity index (χ3v) is 3.08. The van der Waals surface area contributed by atoms with Gasteiger partial charge in [-0.1, -0.05) is 38.5 Å². The van der Waals surface area contributed by atoms with E-state index < -0.39 is 0 Å². The molecule has 0 aromatic rings. The fraction of sp³-hybridized carbons (Fsp3) is 1.00. The Morgan fingerprint density at radius 3 is 2.00 bits per heavy atom. The molecule has 1 fully saturated rings. The first kappa shape index (κ1) is 11.0. The van der Waals surface area contributed by atoms with Crippen molar-refractivity contribution in [2.75, 3.05) is 6.54 Å². The van der Waals surface area contributed by atoms with Gasteiger partial charge in [-0.3, -0.25) is 0 Å². The predicted molar refractivity (Wildman–Crippen MR) is 59.0 cm³/mol. The van der Waals surface area contributed by atoms with E-state index in [9.17, 15) is 0 Å². The molecule has 0 amide bonds. The molecule has 1 rings (SSSR count). The Labute approximate surface area is 83.3 Å². The molecule has 0 aromatic carbocycles. The molecule has 13 heavy (non-hydrogen) atoms. The fourth-order valence-electron chi connectivity index (χ4n) is 2.09. The molecule has 0 bridgehead atoms. The summed E-state index contributed by atoms with van der Waals surface area (Å²) in [5.41, 5.74) is 0.379. The lowest BCUT2D eigenvalue weighted by atomic mass is 9.96. The van der Waals surface area contributed by atoms with Crippen molar-refractivity contribution >= 4 is 0 Å². The van der Waals surface area contributed by atoms with Gasteiger partial charge >= 0.3 is 0 Å². The van der Waals surface area contributed by atoms with Crippen molar-refractivity contribution in [3.8, 4) is 0 Å². The number of nitrogens with one attached hydrogen (secondary N) is 1. The van der Waals surface area contributed by atoms with E-state index >= 15 is 0 Å². The van der Waals surface area contributed by atoms with Crippen molar-refractivity contribution in [3.63, 3.8) is 0 Å². The van der Waals surface area contributed by atoms with Gasteiger partial charge in [-0.15, -0.1) is 0 Å². The molecule has 1 heteroatoms. The Morgan fingerprint density at radius 1 is 0.769 bits per heavy atom. The first-order valence-electron chi connectivity index (χ1n) is 5.96. The molecule has 78 valence electrons. The third-order valence-electron chi connectivity index (χ3n) is 3.08. The number of rotatable bonds is 0. The maximum absolute atomic E-state index is 3.66. The van der Waals surface area contributed by atoms with E-state index in [0.717, 1.165) is 0 Å². The Bertz CT molecular complexity index is 115. The number of hydrogen-bond donors (Lipinski definition) is 1. The van der Waals surface area contributed by atoms with Gasteiger partial charge in [-0.05, 0) is 33.2 Å². The van der Waals surface area contributed by atoms with Crippen LogP contribution in [-0.2, 0) is 0 Å². The normalized spacial score (nSPS) is 26.3. The van der Waals surface area contributed by atoms with Crippen LogP contribution in [0.2, 0.25) is 0 Å². The molecule has 0 unspecified atom stereocenters. The molecule has 0 aromatic heterocycles. The monoisotopic (exact) mass is 183 g/mol. The second-order valence-corrected chi connectivity index (χ2v) is 5.04. The SMILES string of the molecule is CC1(C)CCCCCCCCCN1. The summed E-state index contributed by atoms with van der Waals surface area (Å²) in [6, 6.07) is 0. The molecule has 0 saturated carbocycles. The third kappa shape index (κ3) is 5.30. The van der Waals surface area contributed by atoms with Crippen molar-refractivity contribution in [2.45, 2.75) is 70.8 Å². The van der Waals surface area contributed by atoms with Crippen LogP contribution >= 0.6 is 0 Å². The van der Waals surface area contributed by atoms with Crippen LogP contribution in [0.5, 0.6) is 0 Å². The second kappa shape index (κ2) is 5.64. The van der Waals surface area contributed by atoms with E-state index in [1.54, 1.807) is 0 Å². The molecule has 0 radical (unpaired) electrons. The van der Waals surface area contributed by atoms with Crippen molar-refractivity contribution < 1.29 is 0 Å². The fourth-order valence-corrected chi connectivity index (χ4v) is 2.09. The Hall–Kier alpha value is -0.0400. The van der Waals surface area contributed by atoms with Gasteiger partial charge in [0, 0.05) is 5.54 Å². The molecular formula is C12H25N. The lowest BCUT2D eigenvalue weighted by molar-refractivity contribution is 0.349. The molecule has 0 spiro atoms. The highest BCUT2D eigenvalue weighted by Gasteiger charge is 2.15. The van der Waals surface area contributed by atoms with Gasteiger partial charge < -0.3 is 5.32 Å². The molecular weight excluding hydrogens is 158 g/mol. The lowest BCUT2D eigenvalue weighted by Crippen LogP contribution is -2.39. The van der Waals surface area contributed by atoms with Crippen LogP contribution in [0.25, 0.3) is 0 Å². The molecule has 1 heterocycles. The van der Waals surface area contributed by atoms with E-state index in [0.29, 0.717) is 5.54 Å². The Kier molecular flexibility index (Phi) is 4.79. The van der Waals surface area contributed by atoms with Gasteiger partial charge in [0.15, 0.2) is 0 Å². The van der Waals surface area contributed by atoms with E-state index in [1.807, 2.05) is 0 Å². The molecule has 1 nitrogen and oxygen atoms in total. The van der Waals surface area contributed by atoms with Gasteiger partial charge in [0.2, 0.25) is 0 Å². The van der Waals surface area contributed by atoms with Gasteiger partial charge in [-0.25, -0.2) is 0 Å². The highest BCUT2D eigenvalue weighted by Crippen LogP contribution is 2.17. The average Bonchev–Trinajstić information content (AvgIpc) is 2.10. The van der Waals surface area contributed by atoms with Crippen molar-refractivity contribution in [1.29, 1.82) is 0 Å². The molecule has 1 aliphatic rings. The van der Waals surface area contributed by atoms with Crippen LogP contribution in [0, 0.1) is 0 Å². The lowest BCUT2D eigenvalue weighted by Gasteiger charge is -2.26. The topological polar surface area (TPSA) is 12.0 Å². The summed E-state index contributed by atoms with van der Waals surface area (Å²) >= 11 is 0. The summed E-state index contributed by atoms with van der Waals surface area (Å²) < 4.78 is 0. The van der Waals surface area contributed by atoms with Gasteiger partial charge in [0.1, 0.15) is 0 Å². The first-order valence-corrected chi connectivity index (χ1v) is 5.96. The van der Waals surface area contributed by atoms with Crippen LogP contribution in [0.15, 0.2) is 0 Å². The van der Waals surface area contributed by atoms with E-state index in [1.165, 1.54) is 57.9 Å². The van der Waals surface area contributed by atoms with Gasteiger partial charge in [-0.2, -0.15) is 0 Å².